The van der Waals surface area contributed by atoms with Crippen LogP contribution in [0.15, 0.2) is 30.5 Å². The summed E-state index contributed by atoms with van der Waals surface area (Å²) in [5.74, 6) is -4.69. The molecule has 0 saturated heterocycles. The molecule has 0 fully saturated rings. The lowest BCUT2D eigenvalue weighted by Gasteiger charge is -2.24. The summed E-state index contributed by atoms with van der Waals surface area (Å²) in [5, 5.41) is 26.4. The second kappa shape index (κ2) is 13.4. The number of aromatic amines is 1. The fraction of sp³-hybridized carbons (Fsp3) is 0.458. The minimum absolute atomic E-state index is 0.0660. The van der Waals surface area contributed by atoms with E-state index in [1.165, 1.54) is 0 Å². The summed E-state index contributed by atoms with van der Waals surface area (Å²) in [4.78, 5) is 64.6. The van der Waals surface area contributed by atoms with Crippen LogP contribution in [-0.2, 0) is 30.4 Å². The molecule has 1 heterocycles. The number of amides is 4. The van der Waals surface area contributed by atoms with Crippen LogP contribution in [0.5, 0.6) is 0 Å². The lowest BCUT2D eigenvalue weighted by molar-refractivity contribution is -0.143. The third-order valence-electron chi connectivity index (χ3n) is 5.63. The van der Waals surface area contributed by atoms with Crippen molar-refractivity contribution in [3.63, 3.8) is 0 Å². The standard InChI is InChI=1S/C24H34N6O7/c1-12(2)7-15(25)21(33)28-18(9-20(26)32)23(35)29-17(22(34)30-19(11-31)24(36)37)8-13-10-27-16-6-4-3-5-14(13)16/h3-6,10,12,15,17-19,27,31H,7-9,11,25H2,1-2H3,(H2,26,32)(H,28,33)(H,29,35)(H,30,34)(H,36,37)/t15-,17-,18-,19-/m0/s1. The minimum Gasteiger partial charge on any atom is -0.480 e. The summed E-state index contributed by atoms with van der Waals surface area (Å²) in [6, 6.07) is 1.94. The van der Waals surface area contributed by atoms with Gasteiger partial charge in [0, 0.05) is 23.5 Å². The van der Waals surface area contributed by atoms with E-state index in [-0.39, 0.29) is 12.3 Å². The number of aliphatic hydroxyl groups excluding tert-OH is 1. The maximum absolute atomic E-state index is 13.1. The highest BCUT2D eigenvalue weighted by atomic mass is 16.4. The number of primary amides is 1. The third-order valence-corrected chi connectivity index (χ3v) is 5.63. The lowest BCUT2D eigenvalue weighted by Crippen LogP contribution is -2.58. The number of hydrogen-bond acceptors (Lipinski definition) is 7. The molecule has 13 heteroatoms. The number of para-hydroxylation sites is 1. The number of benzene rings is 1. The van der Waals surface area contributed by atoms with Crippen molar-refractivity contribution < 1.29 is 34.2 Å². The van der Waals surface area contributed by atoms with E-state index in [2.05, 4.69) is 20.9 Å². The Morgan fingerprint density at radius 1 is 0.946 bits per heavy atom. The number of nitrogens with two attached hydrogens (primary N) is 2. The van der Waals surface area contributed by atoms with Crippen molar-refractivity contribution in [1.29, 1.82) is 0 Å². The first kappa shape index (κ1) is 29.3. The number of nitrogens with one attached hydrogen (secondary N) is 4. The van der Waals surface area contributed by atoms with Crippen molar-refractivity contribution in [2.24, 2.45) is 17.4 Å². The van der Waals surface area contributed by atoms with Gasteiger partial charge in [0.1, 0.15) is 18.1 Å². The monoisotopic (exact) mass is 518 g/mol. The van der Waals surface area contributed by atoms with Crippen molar-refractivity contribution in [2.45, 2.75) is 57.3 Å². The molecule has 4 amide bonds. The zero-order valence-electron chi connectivity index (χ0n) is 20.7. The Kier molecular flexibility index (Phi) is 10.6. The van der Waals surface area contributed by atoms with Crippen LogP contribution in [0.1, 0.15) is 32.3 Å². The Morgan fingerprint density at radius 2 is 1.54 bits per heavy atom. The number of carboxylic acid groups (broad SMARTS) is 1. The van der Waals surface area contributed by atoms with Crippen LogP contribution in [0.25, 0.3) is 10.9 Å². The van der Waals surface area contributed by atoms with Crippen molar-refractivity contribution >= 4 is 40.5 Å². The SMILES string of the molecule is CC(C)C[C@H](N)C(=O)N[C@@H](CC(N)=O)C(=O)N[C@@H](Cc1c[nH]c2ccccc12)C(=O)N[C@@H](CO)C(=O)O. The number of aliphatic carboxylic acids is 1. The van der Waals surface area contributed by atoms with Gasteiger partial charge in [0.25, 0.3) is 0 Å². The van der Waals surface area contributed by atoms with Crippen LogP contribution >= 0.6 is 0 Å². The summed E-state index contributed by atoms with van der Waals surface area (Å²) in [6.45, 7) is 2.86. The van der Waals surface area contributed by atoms with Gasteiger partial charge in [-0.05, 0) is 24.0 Å². The van der Waals surface area contributed by atoms with E-state index in [1.807, 2.05) is 26.0 Å². The number of aliphatic hydroxyl groups is 1. The highest BCUT2D eigenvalue weighted by Gasteiger charge is 2.31. The van der Waals surface area contributed by atoms with Gasteiger partial charge >= 0.3 is 5.97 Å². The number of H-pyrrole nitrogens is 1. The molecular weight excluding hydrogens is 484 g/mol. The number of hydrogen-bond donors (Lipinski definition) is 8. The van der Waals surface area contributed by atoms with Crippen LogP contribution in [0, 0.1) is 5.92 Å². The largest absolute Gasteiger partial charge is 0.480 e. The predicted octanol–water partition coefficient (Wildman–Crippen LogP) is -1.51. The van der Waals surface area contributed by atoms with Crippen LogP contribution in [-0.4, -0.2) is 75.6 Å². The normalized spacial score (nSPS) is 14.4. The van der Waals surface area contributed by atoms with Crippen LogP contribution in [0.3, 0.4) is 0 Å². The van der Waals surface area contributed by atoms with Gasteiger partial charge in [0.05, 0.1) is 19.1 Å². The first-order valence-corrected chi connectivity index (χ1v) is 11.8. The van der Waals surface area contributed by atoms with Crippen molar-refractivity contribution in [3.05, 3.63) is 36.0 Å². The lowest BCUT2D eigenvalue weighted by atomic mass is 10.0. The Labute approximate surface area is 213 Å². The van der Waals surface area contributed by atoms with E-state index in [9.17, 15) is 34.2 Å². The van der Waals surface area contributed by atoms with Gasteiger partial charge < -0.3 is 42.6 Å². The molecule has 0 bridgehead atoms. The smallest absolute Gasteiger partial charge is 0.328 e. The van der Waals surface area contributed by atoms with E-state index in [0.29, 0.717) is 12.0 Å². The zero-order chi connectivity index (χ0) is 27.7. The summed E-state index contributed by atoms with van der Waals surface area (Å²) in [5.41, 5.74) is 12.6. The van der Waals surface area contributed by atoms with E-state index in [4.69, 9.17) is 11.5 Å². The van der Waals surface area contributed by atoms with Gasteiger partial charge in [-0.1, -0.05) is 32.0 Å². The molecule has 10 N–H and O–H groups in total. The van der Waals surface area contributed by atoms with Crippen LogP contribution in [0.4, 0.5) is 0 Å². The third kappa shape index (κ3) is 8.58. The van der Waals surface area contributed by atoms with Gasteiger partial charge in [-0.3, -0.25) is 19.2 Å². The highest BCUT2D eigenvalue weighted by molar-refractivity contribution is 5.96. The summed E-state index contributed by atoms with van der Waals surface area (Å²) in [6.07, 6.45) is 1.36. The number of carboxylic acids is 1. The molecule has 2 aromatic rings. The van der Waals surface area contributed by atoms with E-state index in [0.717, 1.165) is 10.9 Å². The van der Waals surface area contributed by atoms with Crippen molar-refractivity contribution in [3.8, 4) is 0 Å². The van der Waals surface area contributed by atoms with Gasteiger partial charge in [0.15, 0.2) is 0 Å². The maximum atomic E-state index is 13.1. The molecule has 1 aromatic carbocycles. The molecule has 1 aromatic heterocycles. The first-order chi connectivity index (χ1) is 17.4. The van der Waals surface area contributed by atoms with Crippen LogP contribution in [0.2, 0.25) is 0 Å². The molecule has 4 atom stereocenters. The Morgan fingerprint density at radius 3 is 2.14 bits per heavy atom. The van der Waals surface area contributed by atoms with Gasteiger partial charge in [-0.25, -0.2) is 4.79 Å². The average Bonchev–Trinajstić information content (AvgIpc) is 3.23. The molecule has 2 rings (SSSR count). The Hall–Kier alpha value is -3.97. The molecule has 37 heavy (non-hydrogen) atoms. The number of aromatic nitrogens is 1. The molecule has 0 saturated carbocycles. The summed E-state index contributed by atoms with van der Waals surface area (Å²) >= 11 is 0. The van der Waals surface area contributed by atoms with E-state index < -0.39 is 66.8 Å². The van der Waals surface area contributed by atoms with Gasteiger partial charge in [-0.15, -0.1) is 0 Å². The number of rotatable bonds is 14. The second-order valence-corrected chi connectivity index (χ2v) is 9.17. The number of carbonyl (C=O) groups excluding carboxylic acids is 4. The van der Waals surface area contributed by atoms with E-state index in [1.54, 1.807) is 18.3 Å². The quantitative estimate of drug-likeness (QED) is 0.146. The molecule has 0 aliphatic carbocycles. The Bertz CT molecular complexity index is 1130. The number of fused-ring (bicyclic) bond motifs is 1. The fourth-order valence-corrected chi connectivity index (χ4v) is 3.76. The molecular formula is C24H34N6O7. The topological polar surface area (TPSA) is 230 Å². The van der Waals surface area contributed by atoms with Crippen molar-refractivity contribution in [1.82, 2.24) is 20.9 Å². The minimum atomic E-state index is -1.61. The molecule has 0 radical (unpaired) electrons. The molecule has 13 nitrogen and oxygen atoms in total. The van der Waals surface area contributed by atoms with Crippen LogP contribution < -0.4 is 27.4 Å². The first-order valence-electron chi connectivity index (χ1n) is 11.8. The van der Waals surface area contributed by atoms with E-state index >= 15 is 0 Å². The van der Waals surface area contributed by atoms with Gasteiger partial charge in [-0.2, -0.15) is 0 Å². The summed E-state index contributed by atoms with van der Waals surface area (Å²) < 4.78 is 0. The molecule has 0 unspecified atom stereocenters. The molecule has 0 spiro atoms. The predicted molar refractivity (Wildman–Crippen MR) is 134 cm³/mol. The fourth-order valence-electron chi connectivity index (χ4n) is 3.76. The molecule has 0 aliphatic heterocycles. The van der Waals surface area contributed by atoms with Crippen molar-refractivity contribution in [2.75, 3.05) is 6.61 Å². The Balaban J connectivity index is 2.30. The average molecular weight is 519 g/mol. The molecule has 0 aliphatic rings. The highest BCUT2D eigenvalue weighted by Crippen LogP contribution is 2.19. The maximum Gasteiger partial charge on any atom is 0.328 e. The number of carbonyl (C=O) groups is 5. The summed E-state index contributed by atoms with van der Waals surface area (Å²) in [7, 11) is 0. The molecule has 202 valence electrons. The zero-order valence-corrected chi connectivity index (χ0v) is 20.7. The van der Waals surface area contributed by atoms with Gasteiger partial charge in [0.2, 0.25) is 23.6 Å². The second-order valence-electron chi connectivity index (χ2n) is 9.17.